The van der Waals surface area contributed by atoms with Crippen LogP contribution in [-0.4, -0.2) is 12.2 Å². The molecule has 0 fully saturated rings. The molecule has 3 nitrogen and oxygen atoms in total. The molecule has 0 aromatic heterocycles. The standard InChI is InChI=1S/C10H7NO2/c1-6-9-7(5-12)3-2-4-8(9)11-10(6)13/h2-5H,1H3. The maximum absolute atomic E-state index is 11.2. The number of carbonyl (C=O) groups is 2. The van der Waals surface area contributed by atoms with Gasteiger partial charge in [0.15, 0.2) is 6.29 Å². The summed E-state index contributed by atoms with van der Waals surface area (Å²) in [4.78, 5) is 25.6. The maximum Gasteiger partial charge on any atom is 0.273 e. The number of hydrogen-bond acceptors (Lipinski definition) is 2. The second-order valence-electron chi connectivity index (χ2n) is 2.90. The Balaban J connectivity index is 3.02. The van der Waals surface area contributed by atoms with Crippen molar-refractivity contribution >= 4 is 17.8 Å². The second-order valence-corrected chi connectivity index (χ2v) is 2.90. The van der Waals surface area contributed by atoms with Gasteiger partial charge in [0.2, 0.25) is 0 Å². The number of carbonyl (C=O) groups excluding carboxylic acids is 2. The third-order valence-electron chi connectivity index (χ3n) is 2.12. The highest BCUT2D eigenvalue weighted by Gasteiger charge is 2.13. The van der Waals surface area contributed by atoms with Gasteiger partial charge >= 0.3 is 0 Å². The summed E-state index contributed by atoms with van der Waals surface area (Å²) in [5.74, 6) is -0.246. The molecule has 2 rings (SSSR count). The normalized spacial score (nSPS) is 13.9. The molecule has 1 amide bonds. The number of nitrogens with zero attached hydrogens (tertiary/aromatic N) is 1. The minimum atomic E-state index is -0.246. The van der Waals surface area contributed by atoms with E-state index in [-0.39, 0.29) is 5.91 Å². The average molecular weight is 173 g/mol. The summed E-state index contributed by atoms with van der Waals surface area (Å²) in [5, 5.41) is 1.29. The molecule has 0 saturated heterocycles. The number of hydrogen-bond donors (Lipinski definition) is 0. The quantitative estimate of drug-likeness (QED) is 0.553. The molecule has 0 spiro atoms. The Morgan fingerprint density at radius 1 is 1.38 bits per heavy atom. The van der Waals surface area contributed by atoms with Gasteiger partial charge in [-0.15, -0.1) is 0 Å². The van der Waals surface area contributed by atoms with E-state index in [1.165, 1.54) is 0 Å². The second kappa shape index (κ2) is 2.62. The predicted molar refractivity (Wildman–Crippen MR) is 46.7 cm³/mol. The summed E-state index contributed by atoms with van der Waals surface area (Å²) in [6.07, 6.45) is 0.746. The Morgan fingerprint density at radius 2 is 2.15 bits per heavy atom. The van der Waals surface area contributed by atoms with Crippen molar-refractivity contribution in [3.63, 3.8) is 0 Å². The van der Waals surface area contributed by atoms with E-state index >= 15 is 0 Å². The van der Waals surface area contributed by atoms with Gasteiger partial charge in [0.05, 0.1) is 5.36 Å². The Bertz CT molecular complexity index is 514. The zero-order valence-corrected chi connectivity index (χ0v) is 7.07. The SMILES string of the molecule is CC1=c2c(C=O)cccc2=NC1=O. The summed E-state index contributed by atoms with van der Waals surface area (Å²) in [7, 11) is 0. The molecular weight excluding hydrogens is 166 g/mol. The van der Waals surface area contributed by atoms with Crippen molar-refractivity contribution in [2.24, 2.45) is 4.99 Å². The zero-order chi connectivity index (χ0) is 9.42. The molecule has 0 radical (unpaired) electrons. The fraction of sp³-hybridized carbons (Fsp3) is 0.100. The smallest absolute Gasteiger partial charge is 0.273 e. The van der Waals surface area contributed by atoms with Crippen molar-refractivity contribution in [2.75, 3.05) is 0 Å². The van der Waals surface area contributed by atoms with Crippen LogP contribution in [-0.2, 0) is 4.79 Å². The monoisotopic (exact) mass is 173 g/mol. The molecule has 1 aliphatic heterocycles. The van der Waals surface area contributed by atoms with Gasteiger partial charge in [-0.1, -0.05) is 12.1 Å². The molecule has 3 heteroatoms. The van der Waals surface area contributed by atoms with Crippen LogP contribution in [0.3, 0.4) is 0 Å². The molecule has 0 unspecified atom stereocenters. The van der Waals surface area contributed by atoms with Crippen LogP contribution < -0.4 is 10.6 Å². The van der Waals surface area contributed by atoms with Gasteiger partial charge in [0.25, 0.3) is 5.91 Å². The Kier molecular flexibility index (Phi) is 1.59. The summed E-state index contributed by atoms with van der Waals surface area (Å²) >= 11 is 0. The summed E-state index contributed by atoms with van der Waals surface area (Å²) in [6.45, 7) is 1.69. The largest absolute Gasteiger partial charge is 0.298 e. The van der Waals surface area contributed by atoms with Gasteiger partial charge in [-0.2, -0.15) is 0 Å². The predicted octanol–water partition coefficient (Wildman–Crippen LogP) is -0.171. The van der Waals surface area contributed by atoms with E-state index < -0.39 is 0 Å². The van der Waals surface area contributed by atoms with E-state index in [4.69, 9.17) is 0 Å². The lowest BCUT2D eigenvalue weighted by Crippen LogP contribution is -2.26. The fourth-order valence-electron chi connectivity index (χ4n) is 1.46. The van der Waals surface area contributed by atoms with E-state index in [2.05, 4.69) is 4.99 Å². The third kappa shape index (κ3) is 1.01. The first-order valence-corrected chi connectivity index (χ1v) is 3.92. The van der Waals surface area contributed by atoms with E-state index in [0.717, 1.165) is 6.29 Å². The summed E-state index contributed by atoms with van der Waals surface area (Å²) < 4.78 is 0. The maximum atomic E-state index is 11.2. The average Bonchev–Trinajstić information content (AvgIpc) is 2.43. The lowest BCUT2D eigenvalue weighted by atomic mass is 10.1. The topological polar surface area (TPSA) is 46.5 Å². The molecule has 1 aliphatic rings. The Morgan fingerprint density at radius 3 is 2.85 bits per heavy atom. The van der Waals surface area contributed by atoms with Gasteiger partial charge in [0.1, 0.15) is 0 Å². The number of amides is 1. The first-order chi connectivity index (χ1) is 6.24. The summed E-state index contributed by atoms with van der Waals surface area (Å²) in [6, 6.07) is 5.14. The lowest BCUT2D eigenvalue weighted by Gasteiger charge is -1.90. The van der Waals surface area contributed by atoms with Crippen LogP contribution in [0.2, 0.25) is 0 Å². The first kappa shape index (κ1) is 7.86. The number of benzene rings is 1. The van der Waals surface area contributed by atoms with Crippen LogP contribution in [0.25, 0.3) is 5.57 Å². The molecule has 13 heavy (non-hydrogen) atoms. The molecule has 0 N–H and O–H groups in total. The van der Waals surface area contributed by atoms with Gasteiger partial charge in [-0.25, -0.2) is 4.99 Å². The van der Waals surface area contributed by atoms with E-state index in [1.54, 1.807) is 25.1 Å². The van der Waals surface area contributed by atoms with Crippen LogP contribution in [0.5, 0.6) is 0 Å². The van der Waals surface area contributed by atoms with Crippen molar-refractivity contribution in [1.82, 2.24) is 0 Å². The van der Waals surface area contributed by atoms with E-state index in [1.807, 2.05) is 0 Å². The molecule has 1 aromatic rings. The minimum absolute atomic E-state index is 0.246. The van der Waals surface area contributed by atoms with Gasteiger partial charge in [-0.3, -0.25) is 9.59 Å². The number of rotatable bonds is 1. The third-order valence-corrected chi connectivity index (χ3v) is 2.12. The van der Waals surface area contributed by atoms with Crippen LogP contribution in [0, 0.1) is 0 Å². The Labute approximate surface area is 74.4 Å². The number of aldehydes is 1. The van der Waals surface area contributed by atoms with Gasteiger partial charge in [0, 0.05) is 16.4 Å². The molecule has 0 atom stereocenters. The summed E-state index contributed by atoms with van der Waals surface area (Å²) in [5.41, 5.74) is 1.09. The van der Waals surface area contributed by atoms with E-state index in [9.17, 15) is 9.59 Å². The Hall–Kier alpha value is -1.77. The van der Waals surface area contributed by atoms with Crippen LogP contribution in [0.4, 0.5) is 0 Å². The van der Waals surface area contributed by atoms with Crippen molar-refractivity contribution in [3.05, 3.63) is 34.3 Å². The van der Waals surface area contributed by atoms with Crippen LogP contribution in [0.1, 0.15) is 17.3 Å². The minimum Gasteiger partial charge on any atom is -0.298 e. The first-order valence-electron chi connectivity index (χ1n) is 3.92. The van der Waals surface area contributed by atoms with Crippen LogP contribution in [0.15, 0.2) is 23.2 Å². The zero-order valence-electron chi connectivity index (χ0n) is 7.07. The van der Waals surface area contributed by atoms with Crippen molar-refractivity contribution in [3.8, 4) is 0 Å². The molecule has 64 valence electrons. The van der Waals surface area contributed by atoms with Crippen molar-refractivity contribution in [2.45, 2.75) is 6.92 Å². The highest BCUT2D eigenvalue weighted by molar-refractivity contribution is 6.15. The van der Waals surface area contributed by atoms with E-state index in [0.29, 0.717) is 21.7 Å². The van der Waals surface area contributed by atoms with Crippen LogP contribution >= 0.6 is 0 Å². The molecule has 1 heterocycles. The molecule has 0 aliphatic carbocycles. The fourth-order valence-corrected chi connectivity index (χ4v) is 1.46. The van der Waals surface area contributed by atoms with Crippen molar-refractivity contribution < 1.29 is 9.59 Å². The highest BCUT2D eigenvalue weighted by atomic mass is 16.1. The lowest BCUT2D eigenvalue weighted by molar-refractivity contribution is -0.112. The van der Waals surface area contributed by atoms with Gasteiger partial charge < -0.3 is 0 Å². The molecule has 0 saturated carbocycles. The van der Waals surface area contributed by atoms with Gasteiger partial charge in [-0.05, 0) is 13.0 Å². The molecule has 0 bridgehead atoms. The highest BCUT2D eigenvalue weighted by Crippen LogP contribution is 1.99. The molecule has 1 aromatic carbocycles. The molecular formula is C10H7NO2. The van der Waals surface area contributed by atoms with Crippen molar-refractivity contribution in [1.29, 1.82) is 0 Å². The number of fused-ring (bicyclic) bond motifs is 1.